The van der Waals surface area contributed by atoms with Gasteiger partial charge in [-0.15, -0.1) is 0 Å². The number of amides is 1. The lowest BCUT2D eigenvalue weighted by Crippen LogP contribution is -2.47. The fourth-order valence-electron chi connectivity index (χ4n) is 4.51. The van der Waals surface area contributed by atoms with E-state index in [2.05, 4.69) is 5.32 Å². The Hall–Kier alpha value is -1.89. The Kier molecular flexibility index (Phi) is 6.66. The maximum Gasteiger partial charge on any atom is 0.328 e. The third-order valence-corrected chi connectivity index (χ3v) is 8.86. The smallest absolute Gasteiger partial charge is 0.328 e. The third kappa shape index (κ3) is 4.49. The summed E-state index contributed by atoms with van der Waals surface area (Å²) in [6.45, 7) is 3.13. The van der Waals surface area contributed by atoms with Crippen molar-refractivity contribution in [3.63, 3.8) is 0 Å². The molecule has 7 heteroatoms. The summed E-state index contributed by atoms with van der Waals surface area (Å²) in [5.41, 5.74) is 1.44. The zero-order chi connectivity index (χ0) is 21.1. The number of hydrogen-bond acceptors (Lipinski definition) is 5. The van der Waals surface area contributed by atoms with Gasteiger partial charge < -0.3 is 10.1 Å². The Bertz CT molecular complexity index is 865. The average Bonchev–Trinajstić information content (AvgIpc) is 3.20. The van der Waals surface area contributed by atoms with E-state index in [1.807, 2.05) is 13.0 Å². The van der Waals surface area contributed by atoms with E-state index in [1.165, 1.54) is 6.42 Å². The first kappa shape index (κ1) is 21.8. The zero-order valence-electron chi connectivity index (χ0n) is 17.3. The molecule has 2 saturated carbocycles. The number of rotatable bonds is 6. The summed E-state index contributed by atoms with van der Waals surface area (Å²) in [6, 6.07) is 5.35. The summed E-state index contributed by atoms with van der Waals surface area (Å²) < 4.78 is 30.7. The van der Waals surface area contributed by atoms with E-state index >= 15 is 0 Å². The molecular formula is C22H31NO5S. The lowest BCUT2D eigenvalue weighted by atomic mass is 9.95. The van der Waals surface area contributed by atoms with Crippen molar-refractivity contribution in [2.45, 2.75) is 87.3 Å². The molecule has 1 N–H and O–H groups in total. The lowest BCUT2D eigenvalue weighted by Gasteiger charge is -2.28. The Labute approximate surface area is 173 Å². The number of carbonyl (C=O) groups is 2. The van der Waals surface area contributed by atoms with Crippen LogP contribution in [0.4, 0.5) is 0 Å². The van der Waals surface area contributed by atoms with Crippen molar-refractivity contribution in [2.24, 2.45) is 0 Å². The minimum Gasteiger partial charge on any atom is -0.454 e. The first-order chi connectivity index (χ1) is 13.8. The van der Waals surface area contributed by atoms with Crippen LogP contribution in [0, 0.1) is 13.8 Å². The Morgan fingerprint density at radius 3 is 2.38 bits per heavy atom. The van der Waals surface area contributed by atoms with Gasteiger partial charge in [0.1, 0.15) is 0 Å². The number of hydrogen-bond donors (Lipinski definition) is 1. The van der Waals surface area contributed by atoms with E-state index in [-0.39, 0.29) is 29.7 Å². The summed E-state index contributed by atoms with van der Waals surface area (Å²) in [7, 11) is -3.93. The van der Waals surface area contributed by atoms with E-state index in [1.54, 1.807) is 19.1 Å². The second kappa shape index (κ2) is 8.86. The van der Waals surface area contributed by atoms with Crippen LogP contribution in [0.2, 0.25) is 0 Å². The van der Waals surface area contributed by atoms with Crippen LogP contribution in [-0.2, 0) is 24.2 Å². The molecule has 160 valence electrons. The van der Waals surface area contributed by atoms with Crippen LogP contribution in [0.25, 0.3) is 0 Å². The molecule has 0 aromatic heterocycles. The molecule has 0 saturated heterocycles. The van der Waals surface area contributed by atoms with Crippen LogP contribution < -0.4 is 5.32 Å². The highest BCUT2D eigenvalue weighted by atomic mass is 32.2. The van der Waals surface area contributed by atoms with Gasteiger partial charge in [-0.1, -0.05) is 44.2 Å². The minimum atomic E-state index is -3.93. The number of aryl methyl sites for hydroxylation is 2. The Morgan fingerprint density at radius 1 is 1.07 bits per heavy atom. The molecule has 0 heterocycles. The highest BCUT2D eigenvalue weighted by Crippen LogP contribution is 2.42. The van der Waals surface area contributed by atoms with Crippen LogP contribution >= 0.6 is 0 Å². The summed E-state index contributed by atoms with van der Waals surface area (Å²) in [6.07, 6.45) is 6.97. The van der Waals surface area contributed by atoms with Gasteiger partial charge in [-0.2, -0.15) is 0 Å². The fourth-order valence-corrected chi connectivity index (χ4v) is 6.87. The first-order valence-electron chi connectivity index (χ1n) is 10.5. The van der Waals surface area contributed by atoms with Crippen LogP contribution in [0.15, 0.2) is 23.1 Å². The van der Waals surface area contributed by atoms with Crippen LogP contribution in [0.1, 0.15) is 68.9 Å². The quantitative estimate of drug-likeness (QED) is 0.711. The van der Waals surface area contributed by atoms with E-state index in [4.69, 9.17) is 4.74 Å². The summed E-state index contributed by atoms with van der Waals surface area (Å²) in [4.78, 5) is 25.4. The lowest BCUT2D eigenvalue weighted by molar-refractivity contribution is -0.151. The van der Waals surface area contributed by atoms with Crippen LogP contribution in [-0.4, -0.2) is 37.7 Å². The van der Waals surface area contributed by atoms with Crippen LogP contribution in [0.3, 0.4) is 0 Å². The Morgan fingerprint density at radius 2 is 1.72 bits per heavy atom. The van der Waals surface area contributed by atoms with Crippen LogP contribution in [0.5, 0.6) is 0 Å². The van der Waals surface area contributed by atoms with Crippen molar-refractivity contribution < 1.29 is 22.7 Å². The molecule has 2 fully saturated rings. The van der Waals surface area contributed by atoms with Crippen molar-refractivity contribution in [3.8, 4) is 0 Å². The monoisotopic (exact) mass is 421 g/mol. The van der Waals surface area contributed by atoms with Crippen molar-refractivity contribution in [3.05, 3.63) is 29.3 Å². The molecule has 1 aromatic rings. The van der Waals surface area contributed by atoms with Gasteiger partial charge in [-0.3, -0.25) is 9.59 Å². The molecule has 0 radical (unpaired) electrons. The minimum absolute atomic E-state index is 0.120. The second-order valence-corrected chi connectivity index (χ2v) is 10.7. The van der Waals surface area contributed by atoms with Gasteiger partial charge in [0, 0.05) is 6.04 Å². The standard InChI is InChI=1S/C22H31NO5S/c1-16-10-11-17(2)19(14-16)29(26,27)22(12-6-7-13-22)21(25)28-15-20(24)23-18-8-4-3-5-9-18/h10-11,14,18H,3-9,12-13,15H2,1-2H3,(H,23,24). The van der Waals surface area contributed by atoms with E-state index in [9.17, 15) is 18.0 Å². The number of esters is 1. The Balaban J connectivity index is 1.75. The second-order valence-electron chi connectivity index (χ2n) is 8.45. The molecule has 2 aliphatic carbocycles. The predicted molar refractivity (Wildman–Crippen MR) is 110 cm³/mol. The molecule has 0 spiro atoms. The number of ether oxygens (including phenoxy) is 1. The van der Waals surface area contributed by atoms with Gasteiger partial charge >= 0.3 is 5.97 Å². The molecular weight excluding hydrogens is 390 g/mol. The molecule has 1 aromatic carbocycles. The number of benzene rings is 1. The summed E-state index contributed by atoms with van der Waals surface area (Å²) >= 11 is 0. The van der Waals surface area contributed by atoms with Crippen molar-refractivity contribution in [2.75, 3.05) is 6.61 Å². The molecule has 3 rings (SSSR count). The number of sulfone groups is 1. The van der Waals surface area contributed by atoms with Gasteiger partial charge in [0.2, 0.25) is 0 Å². The molecule has 0 bridgehead atoms. The molecule has 2 aliphatic rings. The summed E-state index contributed by atoms with van der Waals surface area (Å²) in [5, 5.41) is 2.90. The molecule has 0 atom stereocenters. The molecule has 6 nitrogen and oxygen atoms in total. The highest BCUT2D eigenvalue weighted by Gasteiger charge is 2.54. The maximum atomic E-state index is 13.5. The number of nitrogens with one attached hydrogen (secondary N) is 1. The summed E-state index contributed by atoms with van der Waals surface area (Å²) in [5.74, 6) is -1.16. The number of carbonyl (C=O) groups excluding carboxylic acids is 2. The maximum absolute atomic E-state index is 13.5. The topological polar surface area (TPSA) is 89.5 Å². The fraction of sp³-hybridized carbons (Fsp3) is 0.636. The molecule has 1 amide bonds. The van der Waals surface area contributed by atoms with Crippen molar-refractivity contribution in [1.29, 1.82) is 0 Å². The molecule has 0 aliphatic heterocycles. The highest BCUT2D eigenvalue weighted by molar-refractivity contribution is 7.93. The predicted octanol–water partition coefficient (Wildman–Crippen LogP) is 3.38. The average molecular weight is 422 g/mol. The molecule has 0 unspecified atom stereocenters. The van der Waals surface area contributed by atoms with Crippen molar-refractivity contribution >= 4 is 21.7 Å². The molecule has 29 heavy (non-hydrogen) atoms. The SMILES string of the molecule is Cc1ccc(C)c(S(=O)(=O)C2(C(=O)OCC(=O)NC3CCCCC3)CCCC2)c1. The van der Waals surface area contributed by atoms with Gasteiger partial charge in [0.25, 0.3) is 5.91 Å². The largest absolute Gasteiger partial charge is 0.454 e. The van der Waals surface area contributed by atoms with Gasteiger partial charge in [-0.05, 0) is 56.7 Å². The first-order valence-corrected chi connectivity index (χ1v) is 12.0. The van der Waals surface area contributed by atoms with Gasteiger partial charge in [0.15, 0.2) is 21.2 Å². The van der Waals surface area contributed by atoms with Crippen molar-refractivity contribution in [1.82, 2.24) is 5.32 Å². The van der Waals surface area contributed by atoms with Gasteiger partial charge in [-0.25, -0.2) is 8.42 Å². The van der Waals surface area contributed by atoms with Gasteiger partial charge in [0.05, 0.1) is 4.90 Å². The normalized spacial score (nSPS) is 19.7. The van der Waals surface area contributed by atoms with E-state index < -0.39 is 27.2 Å². The van der Waals surface area contributed by atoms with E-state index in [0.717, 1.165) is 31.2 Å². The van der Waals surface area contributed by atoms with E-state index in [0.29, 0.717) is 18.4 Å². The zero-order valence-corrected chi connectivity index (χ0v) is 18.1. The third-order valence-electron chi connectivity index (χ3n) is 6.24.